The van der Waals surface area contributed by atoms with E-state index < -0.39 is 10.0 Å². The Morgan fingerprint density at radius 1 is 1.39 bits per heavy atom. The molecule has 1 aliphatic heterocycles. The zero-order valence-electron chi connectivity index (χ0n) is 11.7. The molecule has 0 aliphatic carbocycles. The van der Waals surface area contributed by atoms with Crippen LogP contribution in [-0.2, 0) is 10.0 Å². The normalized spacial score (nSPS) is 24.4. The van der Waals surface area contributed by atoms with Crippen LogP contribution >= 0.6 is 11.6 Å². The molecule has 0 amide bonds. The summed E-state index contributed by atoms with van der Waals surface area (Å²) in [6.07, 6.45) is 6.70. The predicted octanol–water partition coefficient (Wildman–Crippen LogP) is 3.09. The summed E-state index contributed by atoms with van der Waals surface area (Å²) in [5.74, 6) is 1.04. The van der Waals surface area contributed by atoms with Gasteiger partial charge in [-0.3, -0.25) is 0 Å². The van der Waals surface area contributed by atoms with Crippen LogP contribution < -0.4 is 0 Å². The quantitative estimate of drug-likeness (QED) is 0.706. The molecule has 0 aromatic carbocycles. The molecule has 0 radical (unpaired) electrons. The van der Waals surface area contributed by atoms with Crippen molar-refractivity contribution in [1.82, 2.24) is 4.31 Å². The highest BCUT2D eigenvalue weighted by Gasteiger charge is 2.25. The van der Waals surface area contributed by atoms with Gasteiger partial charge in [0.15, 0.2) is 0 Å². The first-order valence-electron chi connectivity index (χ1n) is 6.90. The summed E-state index contributed by atoms with van der Waals surface area (Å²) < 4.78 is 24.6. The van der Waals surface area contributed by atoms with E-state index in [0.29, 0.717) is 24.9 Å². The van der Waals surface area contributed by atoms with Crippen LogP contribution in [0.4, 0.5) is 0 Å². The first kappa shape index (κ1) is 16.3. The molecule has 2 unspecified atom stereocenters. The summed E-state index contributed by atoms with van der Waals surface area (Å²) in [5, 5.41) is 0.250. The topological polar surface area (TPSA) is 37.4 Å². The number of hydrogen-bond donors (Lipinski definition) is 0. The molecule has 1 rings (SSSR count). The Morgan fingerprint density at radius 2 is 2.06 bits per heavy atom. The van der Waals surface area contributed by atoms with Crippen LogP contribution in [0.15, 0.2) is 0 Å². The van der Waals surface area contributed by atoms with E-state index in [0.717, 1.165) is 32.1 Å². The van der Waals surface area contributed by atoms with Crippen molar-refractivity contribution in [3.8, 4) is 0 Å². The lowest BCUT2D eigenvalue weighted by Gasteiger charge is -2.31. The third-order valence-corrected chi connectivity index (χ3v) is 5.76. The van der Waals surface area contributed by atoms with Crippen LogP contribution in [-0.4, -0.2) is 37.4 Å². The van der Waals surface area contributed by atoms with Gasteiger partial charge in [-0.15, -0.1) is 11.6 Å². The molecule has 1 aliphatic rings. The minimum absolute atomic E-state index is 0.250. The van der Waals surface area contributed by atoms with Gasteiger partial charge in [0, 0.05) is 18.5 Å². The standard InChI is InChI=1S/C13H26ClNO2S/c1-11(2)13(14)8-4-6-12-7-5-9-15(10-12)18(3,16)17/h11-13H,4-10H2,1-3H3. The van der Waals surface area contributed by atoms with Crippen LogP contribution in [0.1, 0.15) is 46.0 Å². The van der Waals surface area contributed by atoms with E-state index in [2.05, 4.69) is 13.8 Å². The van der Waals surface area contributed by atoms with Gasteiger partial charge in [-0.1, -0.05) is 20.3 Å². The second kappa shape index (κ2) is 7.11. The molecule has 0 saturated carbocycles. The Kier molecular flexibility index (Phi) is 6.42. The van der Waals surface area contributed by atoms with Crippen LogP contribution in [0.25, 0.3) is 0 Å². The van der Waals surface area contributed by atoms with E-state index in [1.165, 1.54) is 6.26 Å². The molecule has 108 valence electrons. The van der Waals surface area contributed by atoms with Crippen molar-refractivity contribution >= 4 is 21.6 Å². The molecule has 1 fully saturated rings. The van der Waals surface area contributed by atoms with Crippen molar-refractivity contribution in [2.45, 2.75) is 51.3 Å². The largest absolute Gasteiger partial charge is 0.213 e. The van der Waals surface area contributed by atoms with Crippen molar-refractivity contribution in [1.29, 1.82) is 0 Å². The van der Waals surface area contributed by atoms with E-state index >= 15 is 0 Å². The number of hydrogen-bond acceptors (Lipinski definition) is 2. The molecule has 0 N–H and O–H groups in total. The van der Waals surface area contributed by atoms with Gasteiger partial charge in [0.2, 0.25) is 10.0 Å². The van der Waals surface area contributed by atoms with Crippen molar-refractivity contribution < 1.29 is 8.42 Å². The number of alkyl halides is 1. The first-order valence-corrected chi connectivity index (χ1v) is 9.18. The van der Waals surface area contributed by atoms with E-state index in [9.17, 15) is 8.42 Å². The van der Waals surface area contributed by atoms with E-state index in [-0.39, 0.29) is 5.38 Å². The minimum atomic E-state index is -3.01. The molecule has 0 aromatic rings. The summed E-state index contributed by atoms with van der Waals surface area (Å²) in [7, 11) is -3.01. The van der Waals surface area contributed by atoms with Crippen LogP contribution in [0.3, 0.4) is 0 Å². The van der Waals surface area contributed by atoms with Gasteiger partial charge in [-0.2, -0.15) is 0 Å². The second-order valence-electron chi connectivity index (χ2n) is 5.82. The fourth-order valence-corrected chi connectivity index (χ4v) is 3.60. The highest BCUT2D eigenvalue weighted by Crippen LogP contribution is 2.25. The third kappa shape index (κ3) is 5.45. The van der Waals surface area contributed by atoms with Crippen LogP contribution in [0.2, 0.25) is 0 Å². The van der Waals surface area contributed by atoms with Crippen LogP contribution in [0, 0.1) is 11.8 Å². The molecule has 5 heteroatoms. The number of rotatable bonds is 6. The smallest absolute Gasteiger partial charge is 0.211 e. The summed E-state index contributed by atoms with van der Waals surface area (Å²) in [5.41, 5.74) is 0. The zero-order valence-corrected chi connectivity index (χ0v) is 13.3. The Bertz CT molecular complexity index is 343. The maximum Gasteiger partial charge on any atom is 0.211 e. The number of nitrogens with zero attached hydrogens (tertiary/aromatic N) is 1. The SMILES string of the molecule is CC(C)C(Cl)CCCC1CCCN(S(C)(=O)=O)C1. The molecule has 3 nitrogen and oxygen atoms in total. The fraction of sp³-hybridized carbons (Fsp3) is 1.00. The van der Waals surface area contributed by atoms with Crippen molar-refractivity contribution in [2.24, 2.45) is 11.8 Å². The van der Waals surface area contributed by atoms with E-state index in [1.807, 2.05) is 0 Å². The Balaban J connectivity index is 2.31. The van der Waals surface area contributed by atoms with Gasteiger partial charge >= 0.3 is 0 Å². The van der Waals surface area contributed by atoms with Crippen molar-refractivity contribution in [3.63, 3.8) is 0 Å². The summed E-state index contributed by atoms with van der Waals surface area (Å²) in [4.78, 5) is 0. The molecule has 2 atom stereocenters. The molecule has 1 heterocycles. The number of sulfonamides is 1. The predicted molar refractivity (Wildman–Crippen MR) is 77.5 cm³/mol. The average molecular weight is 296 g/mol. The fourth-order valence-electron chi connectivity index (χ4n) is 2.50. The molecular formula is C13H26ClNO2S. The molecule has 18 heavy (non-hydrogen) atoms. The van der Waals surface area contributed by atoms with Gasteiger partial charge < -0.3 is 0 Å². The maximum atomic E-state index is 11.5. The second-order valence-corrected chi connectivity index (χ2v) is 8.36. The van der Waals surface area contributed by atoms with E-state index in [4.69, 9.17) is 11.6 Å². The molecule has 0 aromatic heterocycles. The lowest BCUT2D eigenvalue weighted by atomic mass is 9.92. The Morgan fingerprint density at radius 3 is 2.61 bits per heavy atom. The van der Waals surface area contributed by atoms with Crippen molar-refractivity contribution in [3.05, 3.63) is 0 Å². The van der Waals surface area contributed by atoms with Gasteiger partial charge in [0.1, 0.15) is 0 Å². The lowest BCUT2D eigenvalue weighted by molar-refractivity contribution is 0.252. The third-order valence-electron chi connectivity index (χ3n) is 3.77. The first-order chi connectivity index (χ1) is 8.30. The molecule has 0 spiro atoms. The van der Waals surface area contributed by atoms with Gasteiger partial charge in [0.05, 0.1) is 6.26 Å². The number of piperidine rings is 1. The maximum absolute atomic E-state index is 11.5. The van der Waals surface area contributed by atoms with Gasteiger partial charge in [-0.25, -0.2) is 12.7 Å². The lowest BCUT2D eigenvalue weighted by Crippen LogP contribution is -2.39. The van der Waals surface area contributed by atoms with Crippen molar-refractivity contribution in [2.75, 3.05) is 19.3 Å². The average Bonchev–Trinajstić information content (AvgIpc) is 2.28. The Hall–Kier alpha value is 0.200. The summed E-state index contributed by atoms with van der Waals surface area (Å²) >= 11 is 6.23. The minimum Gasteiger partial charge on any atom is -0.213 e. The highest BCUT2D eigenvalue weighted by atomic mass is 35.5. The summed E-state index contributed by atoms with van der Waals surface area (Å²) in [6.45, 7) is 5.68. The molecular weight excluding hydrogens is 270 g/mol. The Labute approximate surface area is 117 Å². The number of halogens is 1. The van der Waals surface area contributed by atoms with Gasteiger partial charge in [-0.05, 0) is 37.5 Å². The molecule has 0 bridgehead atoms. The van der Waals surface area contributed by atoms with Gasteiger partial charge in [0.25, 0.3) is 0 Å². The van der Waals surface area contributed by atoms with Crippen LogP contribution in [0.5, 0.6) is 0 Å². The van der Waals surface area contributed by atoms with E-state index in [1.54, 1.807) is 4.31 Å². The highest BCUT2D eigenvalue weighted by molar-refractivity contribution is 7.88. The zero-order chi connectivity index (χ0) is 13.8. The summed E-state index contributed by atoms with van der Waals surface area (Å²) in [6, 6.07) is 0. The molecule has 1 saturated heterocycles. The monoisotopic (exact) mass is 295 g/mol.